The third-order valence-corrected chi connectivity index (χ3v) is 6.03. The molecular weight excluding hydrogens is 336 g/mol. The molecule has 1 aliphatic carbocycles. The first kappa shape index (κ1) is 18.9. The molecule has 2 fully saturated rings. The highest BCUT2D eigenvalue weighted by molar-refractivity contribution is 7.87. The van der Waals surface area contributed by atoms with E-state index >= 15 is 0 Å². The predicted octanol–water partition coefficient (Wildman–Crippen LogP) is -0.285. The number of hydrogen-bond acceptors (Lipinski definition) is 4. The van der Waals surface area contributed by atoms with Crippen molar-refractivity contribution in [3.63, 3.8) is 0 Å². The van der Waals surface area contributed by atoms with Crippen molar-refractivity contribution < 1.29 is 23.1 Å². The first-order chi connectivity index (χ1) is 11.2. The van der Waals surface area contributed by atoms with Gasteiger partial charge in [-0.2, -0.15) is 13.1 Å². The number of urea groups is 1. The Morgan fingerprint density at radius 3 is 2.62 bits per heavy atom. The zero-order valence-electron chi connectivity index (χ0n) is 14.0. The van der Waals surface area contributed by atoms with Crippen LogP contribution >= 0.6 is 0 Å². The number of hydrogen-bond donors (Lipinski definition) is 4. The number of nitrogens with one attached hydrogen (secondary N) is 3. The number of aliphatic carboxylic acids is 1. The summed E-state index contributed by atoms with van der Waals surface area (Å²) in [5, 5.41) is 12.1. The average molecular weight is 362 g/mol. The Morgan fingerprint density at radius 1 is 1.33 bits per heavy atom. The van der Waals surface area contributed by atoms with Crippen molar-refractivity contribution in [2.75, 3.05) is 26.2 Å². The van der Waals surface area contributed by atoms with Gasteiger partial charge < -0.3 is 15.3 Å². The van der Waals surface area contributed by atoms with Gasteiger partial charge in [-0.25, -0.2) is 9.52 Å². The van der Waals surface area contributed by atoms with E-state index < -0.39 is 21.6 Å². The fraction of sp³-hybridized carbons (Fsp3) is 0.857. The third-order valence-electron chi connectivity index (χ3n) is 4.67. The van der Waals surface area contributed by atoms with Crippen LogP contribution in [0.25, 0.3) is 0 Å². The van der Waals surface area contributed by atoms with Crippen LogP contribution in [0, 0.1) is 11.3 Å². The molecule has 1 saturated heterocycles. The average Bonchev–Trinajstić information content (AvgIpc) is 2.99. The van der Waals surface area contributed by atoms with Crippen LogP contribution in [-0.4, -0.2) is 62.6 Å². The minimum atomic E-state index is -3.57. The highest BCUT2D eigenvalue weighted by Crippen LogP contribution is 2.48. The lowest BCUT2D eigenvalue weighted by molar-refractivity contribution is -0.149. The van der Waals surface area contributed by atoms with Gasteiger partial charge >= 0.3 is 12.0 Å². The summed E-state index contributed by atoms with van der Waals surface area (Å²) >= 11 is 0. The third kappa shape index (κ3) is 4.17. The van der Waals surface area contributed by atoms with E-state index in [2.05, 4.69) is 14.8 Å². The van der Waals surface area contributed by atoms with E-state index in [9.17, 15) is 23.1 Å². The molecule has 2 rings (SSSR count). The Labute approximate surface area is 142 Å². The summed E-state index contributed by atoms with van der Waals surface area (Å²) < 4.78 is 27.9. The monoisotopic (exact) mass is 362 g/mol. The maximum absolute atomic E-state index is 12.2. The molecule has 0 spiro atoms. The Morgan fingerprint density at radius 2 is 2.04 bits per heavy atom. The quantitative estimate of drug-likeness (QED) is 0.463. The van der Waals surface area contributed by atoms with E-state index in [4.69, 9.17) is 0 Å². The van der Waals surface area contributed by atoms with Crippen molar-refractivity contribution in [3.05, 3.63) is 0 Å². The topological polar surface area (TPSA) is 128 Å². The highest BCUT2D eigenvalue weighted by Gasteiger charge is 2.55. The number of fused-ring (bicyclic) bond motifs is 1. The molecule has 4 N–H and O–H groups in total. The molecule has 138 valence electrons. The highest BCUT2D eigenvalue weighted by atomic mass is 32.2. The molecule has 0 radical (unpaired) electrons. The largest absolute Gasteiger partial charge is 0.481 e. The van der Waals surface area contributed by atoms with Crippen LogP contribution in [0.4, 0.5) is 4.79 Å². The molecule has 9 nitrogen and oxygen atoms in total. The molecule has 2 atom stereocenters. The fourth-order valence-corrected chi connectivity index (χ4v) is 4.69. The second kappa shape index (κ2) is 7.24. The van der Waals surface area contributed by atoms with Crippen LogP contribution in [0.2, 0.25) is 0 Å². The lowest BCUT2D eigenvalue weighted by atomic mass is 9.81. The van der Waals surface area contributed by atoms with E-state index in [1.807, 2.05) is 0 Å². The number of carboxylic acid groups (broad SMARTS) is 1. The molecular formula is C14H26N4O5S. The van der Waals surface area contributed by atoms with Gasteiger partial charge in [-0.3, -0.25) is 4.79 Å². The van der Waals surface area contributed by atoms with Gasteiger partial charge in [-0.15, -0.1) is 0 Å². The number of nitrogens with zero attached hydrogens (tertiary/aromatic N) is 1. The van der Waals surface area contributed by atoms with Crippen molar-refractivity contribution in [1.29, 1.82) is 0 Å². The van der Waals surface area contributed by atoms with Crippen molar-refractivity contribution >= 4 is 22.2 Å². The van der Waals surface area contributed by atoms with Gasteiger partial charge in [-0.1, -0.05) is 6.42 Å². The normalized spacial score (nSPS) is 26.6. The molecule has 0 aromatic carbocycles. The lowest BCUT2D eigenvalue weighted by Crippen LogP contribution is -2.46. The summed E-state index contributed by atoms with van der Waals surface area (Å²) in [6, 6.07) is -0.561. The summed E-state index contributed by atoms with van der Waals surface area (Å²) in [6.07, 6.45) is 2.32. The summed E-state index contributed by atoms with van der Waals surface area (Å²) in [5.74, 6) is -0.817. The molecule has 1 aliphatic heterocycles. The molecule has 10 heteroatoms. The first-order valence-corrected chi connectivity index (χ1v) is 9.68. The SMILES string of the molecule is CC(C)NS(=O)(=O)NCCNC(=O)N1C[C@@H]2CCC[C@@]2(C(=O)O)C1. The van der Waals surface area contributed by atoms with E-state index in [1.165, 1.54) is 4.90 Å². The standard InChI is InChI=1S/C14H26N4O5S/c1-10(2)17-24(22,23)16-7-6-15-13(21)18-8-11-4-3-5-14(11,9-18)12(19)20/h10-11,16-17H,3-9H2,1-2H3,(H,15,21)(H,19,20)/t11-,14+/m0/s1. The van der Waals surface area contributed by atoms with Crippen LogP contribution in [0.1, 0.15) is 33.1 Å². The second-order valence-corrected chi connectivity index (χ2v) is 8.36. The second-order valence-electron chi connectivity index (χ2n) is 6.83. The van der Waals surface area contributed by atoms with Gasteiger partial charge in [0.15, 0.2) is 0 Å². The van der Waals surface area contributed by atoms with Crippen LogP contribution in [0.3, 0.4) is 0 Å². The van der Waals surface area contributed by atoms with Crippen molar-refractivity contribution in [2.24, 2.45) is 11.3 Å². The van der Waals surface area contributed by atoms with Gasteiger partial charge in [0.1, 0.15) is 0 Å². The van der Waals surface area contributed by atoms with Gasteiger partial charge in [0.2, 0.25) is 0 Å². The van der Waals surface area contributed by atoms with E-state index in [0.29, 0.717) is 13.0 Å². The molecule has 2 aliphatic rings. The minimum absolute atomic E-state index is 0.00879. The molecule has 1 saturated carbocycles. The lowest BCUT2D eigenvalue weighted by Gasteiger charge is -2.23. The molecule has 1 heterocycles. The molecule has 0 aromatic heterocycles. The molecule has 0 unspecified atom stereocenters. The number of carbonyl (C=O) groups excluding carboxylic acids is 1. The van der Waals surface area contributed by atoms with Gasteiger partial charge in [0, 0.05) is 32.2 Å². The zero-order valence-corrected chi connectivity index (χ0v) is 14.9. The summed E-state index contributed by atoms with van der Waals surface area (Å²) in [7, 11) is -3.57. The van der Waals surface area contributed by atoms with Crippen molar-refractivity contribution in [2.45, 2.75) is 39.2 Å². The van der Waals surface area contributed by atoms with Gasteiger partial charge in [0.05, 0.1) is 5.41 Å². The maximum Gasteiger partial charge on any atom is 0.317 e. The number of rotatable bonds is 7. The van der Waals surface area contributed by atoms with Crippen LogP contribution in [0.15, 0.2) is 0 Å². The smallest absolute Gasteiger partial charge is 0.317 e. The van der Waals surface area contributed by atoms with E-state index in [-0.39, 0.29) is 37.6 Å². The van der Waals surface area contributed by atoms with Crippen molar-refractivity contribution in [1.82, 2.24) is 19.7 Å². The molecule has 24 heavy (non-hydrogen) atoms. The summed E-state index contributed by atoms with van der Waals surface area (Å²) in [5.41, 5.74) is -0.805. The van der Waals surface area contributed by atoms with E-state index in [0.717, 1.165) is 12.8 Å². The Bertz CT molecular complexity index is 594. The van der Waals surface area contributed by atoms with Crippen LogP contribution < -0.4 is 14.8 Å². The number of carboxylic acids is 1. The van der Waals surface area contributed by atoms with Gasteiger partial charge in [-0.05, 0) is 32.6 Å². The van der Waals surface area contributed by atoms with Crippen LogP contribution in [0.5, 0.6) is 0 Å². The number of likely N-dealkylation sites (tertiary alicyclic amines) is 1. The van der Waals surface area contributed by atoms with Crippen molar-refractivity contribution in [3.8, 4) is 0 Å². The van der Waals surface area contributed by atoms with Crippen LogP contribution in [-0.2, 0) is 15.0 Å². The summed E-state index contributed by atoms with van der Waals surface area (Å²) in [4.78, 5) is 25.3. The summed E-state index contributed by atoms with van der Waals surface area (Å²) in [6.45, 7) is 4.29. The molecule has 0 aromatic rings. The molecule has 2 amide bonds. The number of carbonyl (C=O) groups is 2. The zero-order chi connectivity index (χ0) is 18.0. The van der Waals surface area contributed by atoms with E-state index in [1.54, 1.807) is 13.8 Å². The Kier molecular flexibility index (Phi) is 5.71. The molecule has 0 bridgehead atoms. The number of amides is 2. The van der Waals surface area contributed by atoms with Gasteiger partial charge in [0.25, 0.3) is 10.2 Å². The fourth-order valence-electron chi connectivity index (χ4n) is 3.61. The first-order valence-electron chi connectivity index (χ1n) is 8.19. The Balaban J connectivity index is 1.77. The Hall–Kier alpha value is -1.39. The predicted molar refractivity (Wildman–Crippen MR) is 87.6 cm³/mol. The minimum Gasteiger partial charge on any atom is -0.481 e. The maximum atomic E-state index is 12.2.